The van der Waals surface area contributed by atoms with Gasteiger partial charge in [-0.2, -0.15) is 13.2 Å². The van der Waals surface area contributed by atoms with Crippen molar-refractivity contribution in [2.45, 2.75) is 96.1 Å². The molecule has 8 atom stereocenters. The molecule has 0 aromatic heterocycles. The lowest BCUT2D eigenvalue weighted by molar-refractivity contribution is -0.274. The lowest BCUT2D eigenvalue weighted by Crippen LogP contribution is -2.57. The Kier molecular flexibility index (Phi) is 7.90. The SMILES string of the molecule is C=C1C(=CC=C2CCC[C@]3(C)[C@@H]([C@H](C)CN4CCCC(O)(C(F)(F)F)C4)CC[C@@H]23)C[C@@H](O)[C@H](C)[C@@H]1O. The molecule has 4 fully saturated rings. The Hall–Kier alpha value is -1.15. The van der Waals surface area contributed by atoms with Crippen molar-refractivity contribution >= 4 is 0 Å². The molecule has 7 heteroatoms. The second-order valence-electron chi connectivity index (χ2n) is 12.5. The van der Waals surface area contributed by atoms with E-state index in [0.29, 0.717) is 43.3 Å². The maximum atomic E-state index is 13.4. The van der Waals surface area contributed by atoms with Crippen molar-refractivity contribution in [3.05, 3.63) is 35.5 Å². The van der Waals surface area contributed by atoms with Crippen molar-refractivity contribution in [2.75, 3.05) is 19.6 Å². The Morgan fingerprint density at radius 3 is 2.58 bits per heavy atom. The number of alkyl halides is 3. The molecule has 3 N–H and O–H groups in total. The molecule has 3 saturated carbocycles. The van der Waals surface area contributed by atoms with E-state index in [-0.39, 0.29) is 30.2 Å². The molecule has 204 valence electrons. The molecule has 0 aromatic rings. The van der Waals surface area contributed by atoms with Crippen LogP contribution in [0.4, 0.5) is 13.2 Å². The van der Waals surface area contributed by atoms with Crippen LogP contribution in [-0.4, -0.2) is 63.8 Å². The Morgan fingerprint density at radius 2 is 1.89 bits per heavy atom. The second-order valence-corrected chi connectivity index (χ2v) is 12.5. The van der Waals surface area contributed by atoms with Crippen molar-refractivity contribution in [3.63, 3.8) is 0 Å². The fraction of sp³-hybridized carbons (Fsp3) is 0.793. The fourth-order valence-corrected chi connectivity index (χ4v) is 7.90. The molecule has 36 heavy (non-hydrogen) atoms. The standard InChI is InChI=1S/C29H44F3NO3/c1-18(16-33-14-6-13-28(36,17-33)29(30,31)32)23-10-11-24-21(7-5-12-27(23,24)4)8-9-22-15-25(34)20(3)26(35)19(22)2/h8-9,18,20,23-26,34-36H,2,5-7,10-17H2,1,3-4H3/t18-,20+,23-,24+,25-,26-,27-,28?/m1/s1. The Morgan fingerprint density at radius 1 is 1.17 bits per heavy atom. The first-order chi connectivity index (χ1) is 16.8. The number of allylic oxidation sites excluding steroid dienone is 3. The van der Waals surface area contributed by atoms with Gasteiger partial charge in [0.2, 0.25) is 0 Å². The topological polar surface area (TPSA) is 63.9 Å². The number of aliphatic hydroxyl groups is 3. The van der Waals surface area contributed by atoms with E-state index in [4.69, 9.17) is 0 Å². The van der Waals surface area contributed by atoms with E-state index in [2.05, 4.69) is 26.5 Å². The predicted octanol–water partition coefficient (Wildman–Crippen LogP) is 5.40. The summed E-state index contributed by atoms with van der Waals surface area (Å²) in [6, 6.07) is 0. The molecule has 1 unspecified atom stereocenters. The molecule has 1 aliphatic heterocycles. The number of hydrogen-bond donors (Lipinski definition) is 3. The zero-order chi connectivity index (χ0) is 26.5. The normalized spacial score (nSPS) is 43.7. The monoisotopic (exact) mass is 511 g/mol. The molecule has 1 heterocycles. The average molecular weight is 512 g/mol. The summed E-state index contributed by atoms with van der Waals surface area (Å²) in [6.45, 7) is 11.3. The fourth-order valence-electron chi connectivity index (χ4n) is 7.90. The molecular weight excluding hydrogens is 467 g/mol. The van der Waals surface area contributed by atoms with Gasteiger partial charge in [0.1, 0.15) is 0 Å². The summed E-state index contributed by atoms with van der Waals surface area (Å²) in [4.78, 5) is 1.83. The van der Waals surface area contributed by atoms with Gasteiger partial charge >= 0.3 is 6.18 Å². The summed E-state index contributed by atoms with van der Waals surface area (Å²) < 4.78 is 40.3. The highest BCUT2D eigenvalue weighted by Gasteiger charge is 2.56. The maximum Gasteiger partial charge on any atom is 0.418 e. The summed E-state index contributed by atoms with van der Waals surface area (Å²) in [5, 5.41) is 31.0. The van der Waals surface area contributed by atoms with Crippen molar-refractivity contribution in [2.24, 2.45) is 29.1 Å². The number of β-amino-alcohol motifs (C(OH)–C–C–N with tert-alkyl or cyclic N) is 1. The lowest BCUT2D eigenvalue weighted by Gasteiger charge is -2.46. The van der Waals surface area contributed by atoms with Gasteiger partial charge in [-0.15, -0.1) is 0 Å². The van der Waals surface area contributed by atoms with Gasteiger partial charge in [-0.3, -0.25) is 4.90 Å². The van der Waals surface area contributed by atoms with Crippen molar-refractivity contribution in [3.8, 4) is 0 Å². The molecule has 4 rings (SSSR count). The quantitative estimate of drug-likeness (QED) is 0.473. The molecule has 0 radical (unpaired) electrons. The van der Waals surface area contributed by atoms with E-state index < -0.39 is 24.0 Å². The number of nitrogens with zero attached hydrogens (tertiary/aromatic N) is 1. The number of aliphatic hydroxyl groups excluding tert-OH is 2. The minimum Gasteiger partial charge on any atom is -0.392 e. The maximum absolute atomic E-state index is 13.4. The van der Waals surface area contributed by atoms with Crippen LogP contribution in [0, 0.1) is 29.1 Å². The molecule has 0 aromatic carbocycles. The molecule has 0 spiro atoms. The van der Waals surface area contributed by atoms with Gasteiger partial charge in [-0.1, -0.05) is 45.1 Å². The third kappa shape index (κ3) is 5.10. The Labute approximate surface area is 214 Å². The molecular formula is C29H44F3NO3. The third-order valence-electron chi connectivity index (χ3n) is 10.2. The largest absolute Gasteiger partial charge is 0.418 e. The Balaban J connectivity index is 1.46. The second kappa shape index (κ2) is 10.2. The highest BCUT2D eigenvalue weighted by atomic mass is 19.4. The van der Waals surface area contributed by atoms with Gasteiger partial charge < -0.3 is 15.3 Å². The minimum atomic E-state index is -4.59. The van der Waals surface area contributed by atoms with Gasteiger partial charge in [0.05, 0.1) is 12.2 Å². The van der Waals surface area contributed by atoms with Gasteiger partial charge in [-0.25, -0.2) is 0 Å². The van der Waals surface area contributed by atoms with Crippen LogP contribution < -0.4 is 0 Å². The van der Waals surface area contributed by atoms with E-state index in [9.17, 15) is 28.5 Å². The zero-order valence-electron chi connectivity index (χ0n) is 22.0. The number of fused-ring (bicyclic) bond motifs is 1. The first kappa shape index (κ1) is 27.9. The van der Waals surface area contributed by atoms with Crippen LogP contribution in [-0.2, 0) is 0 Å². The summed E-state index contributed by atoms with van der Waals surface area (Å²) in [6.07, 6.45) is 4.38. The molecule has 4 aliphatic rings. The van der Waals surface area contributed by atoms with Crippen LogP contribution in [0.3, 0.4) is 0 Å². The molecule has 1 saturated heterocycles. The van der Waals surface area contributed by atoms with Crippen LogP contribution in [0.1, 0.15) is 72.1 Å². The van der Waals surface area contributed by atoms with Gasteiger partial charge in [0.15, 0.2) is 5.60 Å². The van der Waals surface area contributed by atoms with E-state index >= 15 is 0 Å². The van der Waals surface area contributed by atoms with Crippen molar-refractivity contribution in [1.29, 1.82) is 0 Å². The van der Waals surface area contributed by atoms with Gasteiger partial charge in [0.25, 0.3) is 0 Å². The number of halogens is 3. The molecule has 0 amide bonds. The summed E-state index contributed by atoms with van der Waals surface area (Å²) in [5.41, 5.74) is 0.531. The van der Waals surface area contributed by atoms with Crippen molar-refractivity contribution < 1.29 is 28.5 Å². The minimum absolute atomic E-state index is 0.106. The smallest absolute Gasteiger partial charge is 0.392 e. The van der Waals surface area contributed by atoms with Crippen LogP contribution >= 0.6 is 0 Å². The number of rotatable bonds is 4. The van der Waals surface area contributed by atoms with Crippen molar-refractivity contribution in [1.82, 2.24) is 4.90 Å². The van der Waals surface area contributed by atoms with Crippen LogP contribution in [0.2, 0.25) is 0 Å². The molecule has 0 bridgehead atoms. The Bertz CT molecular complexity index is 899. The van der Waals surface area contributed by atoms with Gasteiger partial charge in [0, 0.05) is 19.0 Å². The summed E-state index contributed by atoms with van der Waals surface area (Å²) in [7, 11) is 0. The van der Waals surface area contributed by atoms with Crippen LogP contribution in [0.5, 0.6) is 0 Å². The van der Waals surface area contributed by atoms with E-state index in [1.807, 2.05) is 17.9 Å². The van der Waals surface area contributed by atoms with E-state index in [0.717, 1.165) is 37.7 Å². The average Bonchev–Trinajstić information content (AvgIpc) is 3.16. The van der Waals surface area contributed by atoms with E-state index in [1.165, 1.54) is 5.57 Å². The number of likely N-dealkylation sites (tertiary alicyclic amines) is 1. The summed E-state index contributed by atoms with van der Waals surface area (Å²) in [5.74, 6) is 0.895. The zero-order valence-corrected chi connectivity index (χ0v) is 22.0. The van der Waals surface area contributed by atoms with E-state index in [1.54, 1.807) is 0 Å². The molecule has 4 nitrogen and oxygen atoms in total. The van der Waals surface area contributed by atoms with Crippen LogP contribution in [0.25, 0.3) is 0 Å². The number of piperidine rings is 1. The predicted molar refractivity (Wildman–Crippen MR) is 135 cm³/mol. The first-order valence-corrected chi connectivity index (χ1v) is 13.7. The van der Waals surface area contributed by atoms with Crippen LogP contribution in [0.15, 0.2) is 35.5 Å². The van der Waals surface area contributed by atoms with Gasteiger partial charge in [-0.05, 0) is 92.2 Å². The first-order valence-electron chi connectivity index (χ1n) is 13.7. The lowest BCUT2D eigenvalue weighted by atomic mass is 9.61. The highest BCUT2D eigenvalue weighted by molar-refractivity contribution is 5.39. The highest BCUT2D eigenvalue weighted by Crippen LogP contribution is 2.59. The number of hydrogen-bond acceptors (Lipinski definition) is 4. The third-order valence-corrected chi connectivity index (χ3v) is 10.2. The molecule has 3 aliphatic carbocycles. The summed E-state index contributed by atoms with van der Waals surface area (Å²) >= 11 is 0.